The molecule has 0 unspecified atom stereocenters. The Balaban J connectivity index is 0.00000128. The average molecular weight is 259 g/mol. The van der Waals surface area contributed by atoms with Crippen LogP contribution in [0.5, 0.6) is 0 Å². The highest BCUT2D eigenvalue weighted by molar-refractivity contribution is 7.99. The molecule has 0 atom stereocenters. The van der Waals surface area contributed by atoms with Crippen LogP contribution in [0, 0.1) is 0 Å². The van der Waals surface area contributed by atoms with Crippen LogP contribution in [0.1, 0.15) is 6.92 Å². The largest absolute Gasteiger partial charge is 0.382 e. The predicted octanol–water partition coefficient (Wildman–Crippen LogP) is 3.09. The van der Waals surface area contributed by atoms with E-state index in [1.165, 1.54) is 22.9 Å². The normalized spacial score (nSPS) is 13.7. The molecule has 0 amide bonds. The third kappa shape index (κ3) is 3.22. The molecule has 1 aliphatic rings. The van der Waals surface area contributed by atoms with Crippen LogP contribution in [0.25, 0.3) is 0 Å². The van der Waals surface area contributed by atoms with Crippen molar-refractivity contribution in [3.8, 4) is 0 Å². The molecule has 16 heavy (non-hydrogen) atoms. The van der Waals surface area contributed by atoms with E-state index in [2.05, 4.69) is 41.4 Å². The standard InChI is InChI=1S/C12H18N2S.ClH/c1-2-15-10-9-14-8-7-13-11-5-3-4-6-12(11)14;/h3-6,13H,2,7-10H2,1H3;1H. The van der Waals surface area contributed by atoms with E-state index >= 15 is 0 Å². The molecule has 0 fully saturated rings. The quantitative estimate of drug-likeness (QED) is 0.836. The van der Waals surface area contributed by atoms with Crippen molar-refractivity contribution in [1.82, 2.24) is 0 Å². The molecule has 1 aromatic carbocycles. The zero-order valence-corrected chi connectivity index (χ0v) is 11.2. The van der Waals surface area contributed by atoms with Gasteiger partial charge in [0, 0.05) is 25.4 Å². The van der Waals surface area contributed by atoms with Crippen LogP contribution in [0.2, 0.25) is 0 Å². The summed E-state index contributed by atoms with van der Waals surface area (Å²) in [5.74, 6) is 2.44. The number of hydrogen-bond acceptors (Lipinski definition) is 3. The summed E-state index contributed by atoms with van der Waals surface area (Å²) < 4.78 is 0. The van der Waals surface area contributed by atoms with E-state index in [0.717, 1.165) is 19.6 Å². The first-order chi connectivity index (χ1) is 7.42. The van der Waals surface area contributed by atoms with Gasteiger partial charge in [0.25, 0.3) is 0 Å². The highest BCUT2D eigenvalue weighted by atomic mass is 35.5. The third-order valence-electron chi connectivity index (χ3n) is 2.65. The minimum Gasteiger partial charge on any atom is -0.382 e. The van der Waals surface area contributed by atoms with Gasteiger partial charge >= 0.3 is 0 Å². The van der Waals surface area contributed by atoms with Crippen molar-refractivity contribution < 1.29 is 0 Å². The number of rotatable bonds is 4. The molecule has 4 heteroatoms. The number of fused-ring (bicyclic) bond motifs is 1. The monoisotopic (exact) mass is 258 g/mol. The van der Waals surface area contributed by atoms with E-state index in [1.807, 2.05) is 11.8 Å². The molecule has 0 bridgehead atoms. The first-order valence-corrected chi connectivity index (χ1v) is 6.73. The second-order valence-corrected chi connectivity index (χ2v) is 5.02. The molecule has 2 nitrogen and oxygen atoms in total. The number of halogens is 1. The molecular weight excluding hydrogens is 240 g/mol. The summed E-state index contributed by atoms with van der Waals surface area (Å²) in [7, 11) is 0. The van der Waals surface area contributed by atoms with Gasteiger partial charge in [0.1, 0.15) is 0 Å². The molecule has 2 rings (SSSR count). The molecule has 0 spiro atoms. The number of nitrogens with one attached hydrogen (secondary N) is 1. The fraction of sp³-hybridized carbons (Fsp3) is 0.500. The van der Waals surface area contributed by atoms with E-state index < -0.39 is 0 Å². The highest BCUT2D eigenvalue weighted by Crippen LogP contribution is 2.28. The smallest absolute Gasteiger partial charge is 0.0602 e. The molecule has 0 aliphatic carbocycles. The Morgan fingerprint density at radius 2 is 2.19 bits per heavy atom. The maximum atomic E-state index is 3.43. The lowest BCUT2D eigenvalue weighted by Crippen LogP contribution is -2.35. The lowest BCUT2D eigenvalue weighted by atomic mass is 10.2. The Morgan fingerprint density at radius 1 is 1.38 bits per heavy atom. The number of anilines is 2. The summed E-state index contributed by atoms with van der Waals surface area (Å²) in [6.45, 7) is 5.57. The van der Waals surface area contributed by atoms with Gasteiger partial charge in [-0.3, -0.25) is 0 Å². The summed E-state index contributed by atoms with van der Waals surface area (Å²) in [5, 5.41) is 3.43. The van der Waals surface area contributed by atoms with Crippen LogP contribution in [-0.4, -0.2) is 31.1 Å². The number of nitrogens with zero attached hydrogens (tertiary/aromatic N) is 1. The lowest BCUT2D eigenvalue weighted by molar-refractivity contribution is 0.819. The van der Waals surface area contributed by atoms with E-state index in [0.29, 0.717) is 0 Å². The van der Waals surface area contributed by atoms with Crippen molar-refractivity contribution in [1.29, 1.82) is 0 Å². The summed E-state index contributed by atoms with van der Waals surface area (Å²) in [6, 6.07) is 8.58. The first kappa shape index (κ1) is 13.5. The number of hydrogen-bond donors (Lipinski definition) is 1. The molecule has 1 aromatic rings. The van der Waals surface area contributed by atoms with Gasteiger partial charge < -0.3 is 10.2 Å². The lowest BCUT2D eigenvalue weighted by Gasteiger charge is -2.31. The van der Waals surface area contributed by atoms with Gasteiger partial charge in [-0.2, -0.15) is 11.8 Å². The van der Waals surface area contributed by atoms with Crippen LogP contribution >= 0.6 is 24.2 Å². The van der Waals surface area contributed by atoms with Crippen LogP contribution in [-0.2, 0) is 0 Å². The molecule has 0 radical (unpaired) electrons. The topological polar surface area (TPSA) is 15.3 Å². The minimum atomic E-state index is 0. The Bertz CT molecular complexity index is 320. The maximum absolute atomic E-state index is 3.43. The molecular formula is C12H19ClN2S. The maximum Gasteiger partial charge on any atom is 0.0602 e. The number of para-hydroxylation sites is 2. The highest BCUT2D eigenvalue weighted by Gasteiger charge is 2.14. The van der Waals surface area contributed by atoms with Gasteiger partial charge in [-0.1, -0.05) is 19.1 Å². The average Bonchev–Trinajstić information content (AvgIpc) is 2.30. The minimum absolute atomic E-state index is 0. The van der Waals surface area contributed by atoms with Crippen molar-refractivity contribution in [3.05, 3.63) is 24.3 Å². The zero-order valence-electron chi connectivity index (χ0n) is 9.61. The molecule has 1 heterocycles. The van der Waals surface area contributed by atoms with Crippen LogP contribution in [0.4, 0.5) is 11.4 Å². The van der Waals surface area contributed by atoms with Gasteiger partial charge in [-0.15, -0.1) is 12.4 Å². The third-order valence-corrected chi connectivity index (χ3v) is 3.53. The van der Waals surface area contributed by atoms with Gasteiger partial charge in [-0.25, -0.2) is 0 Å². The van der Waals surface area contributed by atoms with Crippen LogP contribution < -0.4 is 10.2 Å². The van der Waals surface area contributed by atoms with Crippen LogP contribution in [0.3, 0.4) is 0 Å². The van der Waals surface area contributed by atoms with Crippen molar-refractivity contribution >= 4 is 35.5 Å². The van der Waals surface area contributed by atoms with Crippen molar-refractivity contribution in [2.24, 2.45) is 0 Å². The molecule has 90 valence electrons. The molecule has 0 saturated carbocycles. The van der Waals surface area contributed by atoms with E-state index in [9.17, 15) is 0 Å². The van der Waals surface area contributed by atoms with Gasteiger partial charge in [0.2, 0.25) is 0 Å². The van der Waals surface area contributed by atoms with Crippen molar-refractivity contribution in [3.63, 3.8) is 0 Å². The molecule has 0 aromatic heterocycles. The molecule has 1 aliphatic heterocycles. The Morgan fingerprint density at radius 3 is 3.00 bits per heavy atom. The predicted molar refractivity (Wildman–Crippen MR) is 77.4 cm³/mol. The van der Waals surface area contributed by atoms with E-state index in [1.54, 1.807) is 0 Å². The van der Waals surface area contributed by atoms with Gasteiger partial charge in [-0.05, 0) is 17.9 Å². The SMILES string of the molecule is CCSCCN1CCNc2ccccc21.Cl. The van der Waals surface area contributed by atoms with Crippen molar-refractivity contribution in [2.45, 2.75) is 6.92 Å². The zero-order chi connectivity index (χ0) is 10.5. The summed E-state index contributed by atoms with van der Waals surface area (Å²) in [6.07, 6.45) is 0. The van der Waals surface area contributed by atoms with Crippen LogP contribution in [0.15, 0.2) is 24.3 Å². The van der Waals surface area contributed by atoms with E-state index in [4.69, 9.17) is 0 Å². The Labute approximate surface area is 108 Å². The Kier molecular flexibility index (Phi) is 5.85. The van der Waals surface area contributed by atoms with Crippen molar-refractivity contribution in [2.75, 3.05) is 41.4 Å². The summed E-state index contributed by atoms with van der Waals surface area (Å²) in [4.78, 5) is 2.48. The second kappa shape index (κ2) is 6.92. The number of benzene rings is 1. The van der Waals surface area contributed by atoms with Gasteiger partial charge in [0.15, 0.2) is 0 Å². The van der Waals surface area contributed by atoms with Gasteiger partial charge in [0.05, 0.1) is 11.4 Å². The first-order valence-electron chi connectivity index (χ1n) is 5.57. The summed E-state index contributed by atoms with van der Waals surface area (Å²) >= 11 is 2.01. The molecule has 0 saturated heterocycles. The molecule has 1 N–H and O–H groups in total. The fourth-order valence-corrected chi connectivity index (χ4v) is 2.53. The Hall–Kier alpha value is -0.540. The summed E-state index contributed by atoms with van der Waals surface area (Å²) in [5.41, 5.74) is 2.64. The second-order valence-electron chi connectivity index (χ2n) is 3.63. The van der Waals surface area contributed by atoms with E-state index in [-0.39, 0.29) is 12.4 Å². The number of thioether (sulfide) groups is 1. The fourth-order valence-electron chi connectivity index (χ4n) is 1.90.